The Balaban J connectivity index is 1.16. The third-order valence-corrected chi connectivity index (χ3v) is 11.2. The fraction of sp³-hybridized carbons (Fsp3) is 0. The highest BCUT2D eigenvalue weighted by molar-refractivity contribution is 6.71. The minimum atomic E-state index is 0.119. The standard InChI is InChI=1S/C45H18B8N4O2/c46-32-30-31-33(47)35(49)37(51)39(53)41(31)57(40(30)38(52)36(50)34(32)48)25-13-7-15-27-29(25)23-17-16-20(18-28(23)58-27)44-54-43(19-8-2-1-3-9-19)55-45(56-44)24-12-6-11-22-21-10-4-5-14-26(21)59-42(22)24/h1-18H. The lowest BCUT2D eigenvalue weighted by molar-refractivity contribution is 0.668. The van der Waals surface area contributed by atoms with Gasteiger partial charge in [-0.2, -0.15) is 0 Å². The van der Waals surface area contributed by atoms with Gasteiger partial charge in [-0.15, -0.1) is 21.9 Å². The van der Waals surface area contributed by atoms with Gasteiger partial charge in [0.15, 0.2) is 17.5 Å². The molecule has 0 atom stereocenters. The van der Waals surface area contributed by atoms with Crippen LogP contribution in [0, 0.1) is 0 Å². The second-order valence-electron chi connectivity index (χ2n) is 14.5. The molecule has 0 amide bonds. The van der Waals surface area contributed by atoms with E-state index in [0.717, 1.165) is 38.3 Å². The molecule has 11 rings (SSSR count). The first-order valence-electron chi connectivity index (χ1n) is 18.6. The van der Waals surface area contributed by atoms with Gasteiger partial charge in [0.05, 0.1) is 16.6 Å². The third kappa shape index (κ3) is 5.08. The third-order valence-electron chi connectivity index (χ3n) is 11.2. The molecular weight excluding hydrogens is 715 g/mol. The summed E-state index contributed by atoms with van der Waals surface area (Å²) in [5.74, 6) is 1.41. The molecular formula is C45H18B8N4O2. The maximum Gasteiger partial charge on any atom is 0.167 e. The van der Waals surface area contributed by atoms with Crippen LogP contribution >= 0.6 is 0 Å². The fourth-order valence-corrected chi connectivity index (χ4v) is 8.35. The van der Waals surface area contributed by atoms with Crippen LogP contribution in [0.2, 0.25) is 0 Å². The van der Waals surface area contributed by atoms with Crippen LogP contribution in [-0.2, 0) is 0 Å². The summed E-state index contributed by atoms with van der Waals surface area (Å²) in [4.78, 5) is 15.0. The number of rotatable bonds is 4. The summed E-state index contributed by atoms with van der Waals surface area (Å²) in [6.07, 6.45) is 0. The van der Waals surface area contributed by atoms with Crippen molar-refractivity contribution in [2.75, 3.05) is 0 Å². The summed E-state index contributed by atoms with van der Waals surface area (Å²) in [7, 11) is 52.5. The van der Waals surface area contributed by atoms with E-state index in [2.05, 4.69) is 0 Å². The Labute approximate surface area is 348 Å². The minimum absolute atomic E-state index is 0.119. The first-order chi connectivity index (χ1) is 28.6. The van der Waals surface area contributed by atoms with Gasteiger partial charge in [0.25, 0.3) is 0 Å². The zero-order valence-electron chi connectivity index (χ0n) is 31.1. The molecule has 59 heavy (non-hydrogen) atoms. The van der Waals surface area contributed by atoms with E-state index in [0.29, 0.717) is 67.3 Å². The van der Waals surface area contributed by atoms with E-state index in [4.69, 9.17) is 86.6 Å². The normalized spacial score (nSPS) is 11.9. The molecule has 0 spiro atoms. The molecule has 16 radical (unpaired) electrons. The van der Waals surface area contributed by atoms with Gasteiger partial charge in [-0.1, -0.05) is 94.6 Å². The number of benzene rings is 7. The van der Waals surface area contributed by atoms with E-state index in [9.17, 15) is 0 Å². The number of hydrogen-bond donors (Lipinski definition) is 0. The number of fused-ring (bicyclic) bond motifs is 9. The van der Waals surface area contributed by atoms with E-state index >= 15 is 0 Å². The predicted octanol–water partition coefficient (Wildman–Crippen LogP) is 2.12. The van der Waals surface area contributed by atoms with Crippen molar-refractivity contribution in [3.05, 3.63) is 109 Å². The Morgan fingerprint density at radius 3 is 1.68 bits per heavy atom. The summed E-state index contributed by atoms with van der Waals surface area (Å²) < 4.78 is 14.8. The van der Waals surface area contributed by atoms with Crippen LogP contribution in [0.5, 0.6) is 0 Å². The van der Waals surface area contributed by atoms with Gasteiger partial charge in [0.1, 0.15) is 85.1 Å². The smallest absolute Gasteiger partial charge is 0.167 e. The monoisotopic (exact) mass is 734 g/mol. The Hall–Kier alpha value is -6.53. The molecule has 0 saturated carbocycles. The summed E-state index contributed by atoms with van der Waals surface area (Å²) >= 11 is 0. The zero-order chi connectivity index (χ0) is 40.4. The van der Waals surface area contributed by atoms with Crippen molar-refractivity contribution in [1.82, 2.24) is 19.5 Å². The summed E-state index contributed by atoms with van der Waals surface area (Å²) in [6.45, 7) is 0. The van der Waals surface area contributed by atoms with Crippen molar-refractivity contribution < 1.29 is 8.83 Å². The molecule has 11 aromatic rings. The molecule has 0 N–H and O–H groups in total. The molecule has 14 heteroatoms. The SMILES string of the molecule is [B]c1c([B])c([B])c2c(c1[B])c1c([B])c([B])c([B])c([B])c1n2-c1cccc2oc3cc(-c4nc(-c5ccccc5)nc(-c5cccc6c5oc5ccccc56)n4)ccc3c12. The van der Waals surface area contributed by atoms with E-state index in [-0.39, 0.29) is 43.7 Å². The summed E-state index contributed by atoms with van der Waals surface area (Å²) in [5.41, 5.74) is 7.63. The topological polar surface area (TPSA) is 69.9 Å². The van der Waals surface area contributed by atoms with Crippen LogP contribution in [-0.4, -0.2) is 82.3 Å². The highest BCUT2D eigenvalue weighted by Crippen LogP contribution is 2.39. The molecule has 4 aromatic heterocycles. The Morgan fingerprint density at radius 1 is 0.390 bits per heavy atom. The van der Waals surface area contributed by atoms with Crippen molar-refractivity contribution in [3.8, 4) is 39.9 Å². The van der Waals surface area contributed by atoms with Crippen molar-refractivity contribution >= 4 is 172 Å². The van der Waals surface area contributed by atoms with Crippen LogP contribution in [0.4, 0.5) is 0 Å². The molecule has 4 heterocycles. The van der Waals surface area contributed by atoms with E-state index in [1.165, 1.54) is 0 Å². The Morgan fingerprint density at radius 2 is 0.966 bits per heavy atom. The van der Waals surface area contributed by atoms with Gasteiger partial charge in [0.2, 0.25) is 0 Å². The Kier molecular flexibility index (Phi) is 7.84. The van der Waals surface area contributed by atoms with Crippen LogP contribution in [0.3, 0.4) is 0 Å². The summed E-state index contributed by atoms with van der Waals surface area (Å²) in [6, 6.07) is 35.2. The van der Waals surface area contributed by atoms with E-state index in [1.807, 2.05) is 114 Å². The molecule has 0 bridgehead atoms. The van der Waals surface area contributed by atoms with Crippen molar-refractivity contribution in [2.24, 2.45) is 0 Å². The van der Waals surface area contributed by atoms with Crippen molar-refractivity contribution in [1.29, 1.82) is 0 Å². The highest BCUT2D eigenvalue weighted by Gasteiger charge is 2.25. The van der Waals surface area contributed by atoms with Gasteiger partial charge >= 0.3 is 0 Å². The quantitative estimate of drug-likeness (QED) is 0.260. The van der Waals surface area contributed by atoms with Gasteiger partial charge in [-0.05, 0) is 47.2 Å². The molecule has 7 aromatic carbocycles. The van der Waals surface area contributed by atoms with Crippen molar-refractivity contribution in [3.63, 3.8) is 0 Å². The fourth-order valence-electron chi connectivity index (χ4n) is 8.35. The number of hydrogen-bond acceptors (Lipinski definition) is 5. The predicted molar refractivity (Wildman–Crippen MR) is 248 cm³/mol. The van der Waals surface area contributed by atoms with E-state index < -0.39 is 0 Å². The maximum absolute atomic E-state index is 6.77. The molecule has 254 valence electrons. The van der Waals surface area contributed by atoms with Crippen molar-refractivity contribution in [2.45, 2.75) is 0 Å². The average molecular weight is 733 g/mol. The molecule has 0 aliphatic heterocycles. The molecule has 6 nitrogen and oxygen atoms in total. The lowest BCUT2D eigenvalue weighted by atomic mass is 9.63. The highest BCUT2D eigenvalue weighted by atomic mass is 16.3. The lowest BCUT2D eigenvalue weighted by Gasteiger charge is -2.18. The largest absolute Gasteiger partial charge is 0.456 e. The first-order valence-corrected chi connectivity index (χ1v) is 18.6. The number of furan rings is 2. The van der Waals surface area contributed by atoms with Crippen LogP contribution < -0.4 is 43.7 Å². The second kappa shape index (κ2) is 13.0. The lowest BCUT2D eigenvalue weighted by Crippen LogP contribution is -2.49. The number of nitrogens with zero attached hydrogens (tertiary/aromatic N) is 4. The maximum atomic E-state index is 6.77. The van der Waals surface area contributed by atoms with Crippen LogP contribution in [0.1, 0.15) is 0 Å². The molecule has 0 fully saturated rings. The molecule has 0 unspecified atom stereocenters. The van der Waals surface area contributed by atoms with Gasteiger partial charge in [-0.25, -0.2) is 15.0 Å². The van der Waals surface area contributed by atoms with Gasteiger partial charge in [0, 0.05) is 38.3 Å². The molecule has 0 aliphatic carbocycles. The summed E-state index contributed by atoms with van der Waals surface area (Å²) in [5, 5.41) is 4.40. The Bertz CT molecular complexity index is 3540. The number of para-hydroxylation sites is 2. The minimum Gasteiger partial charge on any atom is -0.456 e. The van der Waals surface area contributed by atoms with Crippen LogP contribution in [0.25, 0.3) is 106 Å². The van der Waals surface area contributed by atoms with E-state index in [1.54, 1.807) is 0 Å². The van der Waals surface area contributed by atoms with Crippen LogP contribution in [0.15, 0.2) is 118 Å². The average Bonchev–Trinajstić information content (AvgIpc) is 3.96. The second-order valence-corrected chi connectivity index (χ2v) is 14.5. The van der Waals surface area contributed by atoms with Gasteiger partial charge < -0.3 is 13.4 Å². The number of aromatic nitrogens is 4. The first kappa shape index (κ1) is 35.6. The van der Waals surface area contributed by atoms with Gasteiger partial charge in [-0.3, -0.25) is 0 Å². The molecule has 0 aliphatic rings. The molecule has 0 saturated heterocycles. The zero-order valence-corrected chi connectivity index (χ0v) is 31.1.